The Hall–Kier alpha value is -1.27. The number of nitrogens with one attached hydrogen (secondary N) is 1. The molecule has 2 heterocycles. The normalized spacial score (nSPS) is 26.0. The van der Waals surface area contributed by atoms with Crippen LogP contribution in [0.25, 0.3) is 0 Å². The van der Waals surface area contributed by atoms with Gasteiger partial charge in [-0.25, -0.2) is 0 Å². The van der Waals surface area contributed by atoms with E-state index < -0.39 is 86.8 Å². The molecule has 414 valence electrons. The fourth-order valence-electron chi connectivity index (χ4n) is 9.75. The summed E-state index contributed by atoms with van der Waals surface area (Å²) in [7, 11) is 0. The highest BCUT2D eigenvalue weighted by molar-refractivity contribution is 5.76. The second kappa shape index (κ2) is 43.0. The molecule has 0 saturated carbocycles. The Labute approximate surface area is 425 Å². The molecule has 0 aliphatic carbocycles. The van der Waals surface area contributed by atoms with E-state index in [9.17, 15) is 45.6 Å². The molecule has 14 nitrogen and oxygen atoms in total. The first-order valence-electron chi connectivity index (χ1n) is 28.9. The maximum absolute atomic E-state index is 13.2. The number of ether oxygens (including phenoxy) is 4. The van der Waals surface area contributed by atoms with E-state index in [1.54, 1.807) is 0 Å². The Morgan fingerprint density at radius 1 is 0.500 bits per heavy atom. The quantitative estimate of drug-likeness (QED) is 0.0205. The number of hydrogen-bond donors (Lipinski definition) is 9. The standard InChI is InChI=1S/C56H107NO13/c1-3-5-7-9-11-13-15-16-17-18-19-20-21-22-23-24-25-26-27-28-30-31-33-35-37-39-45(60)44(57-48(61)40-38-36-34-32-29-14-12-10-8-6-4-2)43-67-55-53(66)51(64)54(47(42-59)69-55)70-56-52(65)50(63)49(62)46(41-58)68-56/h10,12,44-47,49-56,58-60,62-66H,3-9,11,13-43H2,1-2H3,(H,57,61)/b12-10-. The molecular weight excluding hydrogens is 895 g/mol. The van der Waals surface area contributed by atoms with E-state index in [-0.39, 0.29) is 12.5 Å². The predicted molar refractivity (Wildman–Crippen MR) is 277 cm³/mol. The van der Waals surface area contributed by atoms with Gasteiger partial charge < -0.3 is 65.1 Å². The Morgan fingerprint density at radius 3 is 1.40 bits per heavy atom. The van der Waals surface area contributed by atoms with E-state index in [2.05, 4.69) is 31.3 Å². The molecule has 2 aliphatic heterocycles. The van der Waals surface area contributed by atoms with E-state index >= 15 is 0 Å². The molecule has 2 fully saturated rings. The van der Waals surface area contributed by atoms with Crippen molar-refractivity contribution >= 4 is 5.91 Å². The Kier molecular flexibility index (Phi) is 39.9. The van der Waals surface area contributed by atoms with Crippen molar-refractivity contribution in [2.24, 2.45) is 0 Å². The van der Waals surface area contributed by atoms with Crippen LogP contribution in [0.5, 0.6) is 0 Å². The number of aliphatic hydroxyl groups excluding tert-OH is 8. The summed E-state index contributed by atoms with van der Waals surface area (Å²) in [5, 5.41) is 87.0. The molecule has 2 rings (SSSR count). The molecule has 12 unspecified atom stereocenters. The number of unbranched alkanes of at least 4 members (excludes halogenated alkanes) is 31. The second-order valence-corrected chi connectivity index (χ2v) is 20.8. The van der Waals surface area contributed by atoms with Gasteiger partial charge in [0, 0.05) is 6.42 Å². The first-order valence-corrected chi connectivity index (χ1v) is 28.9. The van der Waals surface area contributed by atoms with Crippen LogP contribution < -0.4 is 5.32 Å². The number of allylic oxidation sites excluding steroid dienone is 2. The van der Waals surface area contributed by atoms with Gasteiger partial charge >= 0.3 is 0 Å². The highest BCUT2D eigenvalue weighted by atomic mass is 16.7. The molecule has 0 aromatic rings. The number of carbonyl (C=O) groups excluding carboxylic acids is 1. The van der Waals surface area contributed by atoms with Crippen LogP contribution in [0, 0.1) is 0 Å². The summed E-state index contributed by atoms with van der Waals surface area (Å²) in [4.78, 5) is 13.2. The van der Waals surface area contributed by atoms with Crippen molar-refractivity contribution < 1.29 is 64.6 Å². The van der Waals surface area contributed by atoms with Gasteiger partial charge in [-0.1, -0.05) is 219 Å². The first-order chi connectivity index (χ1) is 34.1. The van der Waals surface area contributed by atoms with Crippen molar-refractivity contribution in [3.8, 4) is 0 Å². The largest absolute Gasteiger partial charge is 0.394 e. The molecule has 70 heavy (non-hydrogen) atoms. The lowest BCUT2D eigenvalue weighted by atomic mass is 9.97. The Bertz CT molecular complexity index is 1230. The fourth-order valence-corrected chi connectivity index (χ4v) is 9.75. The molecule has 0 aromatic carbocycles. The van der Waals surface area contributed by atoms with Crippen LogP contribution in [0.15, 0.2) is 12.2 Å². The molecule has 12 atom stereocenters. The summed E-state index contributed by atoms with van der Waals surface area (Å²) in [6.45, 7) is 2.83. The second-order valence-electron chi connectivity index (χ2n) is 20.8. The van der Waals surface area contributed by atoms with Crippen LogP contribution in [0.1, 0.15) is 245 Å². The average Bonchev–Trinajstić information content (AvgIpc) is 3.36. The molecule has 1 amide bonds. The molecule has 2 saturated heterocycles. The van der Waals surface area contributed by atoms with Crippen molar-refractivity contribution in [3.05, 3.63) is 12.2 Å². The van der Waals surface area contributed by atoms with Crippen LogP contribution in [0.4, 0.5) is 0 Å². The third kappa shape index (κ3) is 29.0. The monoisotopic (exact) mass is 1000 g/mol. The average molecular weight is 1000 g/mol. The molecule has 0 bridgehead atoms. The molecule has 0 spiro atoms. The molecule has 0 aromatic heterocycles. The maximum Gasteiger partial charge on any atom is 0.220 e. The molecule has 14 heteroatoms. The van der Waals surface area contributed by atoms with E-state index in [1.807, 2.05) is 0 Å². The molecular formula is C56H107NO13. The number of hydrogen-bond acceptors (Lipinski definition) is 13. The Balaban J connectivity index is 1.71. The van der Waals surface area contributed by atoms with E-state index in [1.165, 1.54) is 148 Å². The van der Waals surface area contributed by atoms with Crippen LogP contribution in [0.2, 0.25) is 0 Å². The zero-order valence-electron chi connectivity index (χ0n) is 44.3. The molecule has 9 N–H and O–H groups in total. The van der Waals surface area contributed by atoms with Crippen molar-refractivity contribution in [2.45, 2.75) is 319 Å². The van der Waals surface area contributed by atoms with Gasteiger partial charge in [-0.05, 0) is 32.1 Å². The lowest BCUT2D eigenvalue weighted by Crippen LogP contribution is -2.65. The van der Waals surface area contributed by atoms with Gasteiger partial charge in [0.1, 0.15) is 48.8 Å². The van der Waals surface area contributed by atoms with Crippen molar-refractivity contribution in [1.29, 1.82) is 0 Å². The first kappa shape index (κ1) is 64.8. The number of carbonyl (C=O) groups is 1. The van der Waals surface area contributed by atoms with Gasteiger partial charge in [-0.15, -0.1) is 0 Å². The topological polar surface area (TPSA) is 228 Å². The number of aliphatic hydroxyl groups is 8. The van der Waals surface area contributed by atoms with Gasteiger partial charge in [-0.3, -0.25) is 4.79 Å². The lowest BCUT2D eigenvalue weighted by Gasteiger charge is -2.46. The molecule has 0 radical (unpaired) electrons. The summed E-state index contributed by atoms with van der Waals surface area (Å²) in [5.74, 6) is -0.215. The van der Waals surface area contributed by atoms with Crippen molar-refractivity contribution in [3.63, 3.8) is 0 Å². The maximum atomic E-state index is 13.2. The van der Waals surface area contributed by atoms with Crippen LogP contribution in [0.3, 0.4) is 0 Å². The highest BCUT2D eigenvalue weighted by Crippen LogP contribution is 2.30. The number of amides is 1. The van der Waals surface area contributed by atoms with Crippen LogP contribution >= 0.6 is 0 Å². The third-order valence-electron chi connectivity index (χ3n) is 14.5. The van der Waals surface area contributed by atoms with E-state index in [0.29, 0.717) is 19.3 Å². The SMILES string of the molecule is CCCC/C=C\CCCCCCCC(=O)NC(COC1OC(CO)C(OC2OC(CO)C(O)C(O)C2O)C(O)C1O)C(O)CCCCCCCCCCCCCCCCCCCCCCCCCCC. The summed E-state index contributed by atoms with van der Waals surface area (Å²) in [6.07, 6.45) is 30.9. The van der Waals surface area contributed by atoms with Gasteiger partial charge in [-0.2, -0.15) is 0 Å². The van der Waals surface area contributed by atoms with Crippen molar-refractivity contribution in [1.82, 2.24) is 5.32 Å². The van der Waals surface area contributed by atoms with E-state index in [0.717, 1.165) is 64.2 Å². The summed E-state index contributed by atoms with van der Waals surface area (Å²) < 4.78 is 22.8. The highest BCUT2D eigenvalue weighted by Gasteiger charge is 2.51. The van der Waals surface area contributed by atoms with Gasteiger partial charge in [0.05, 0.1) is 32.0 Å². The summed E-state index contributed by atoms with van der Waals surface area (Å²) >= 11 is 0. The minimum atomic E-state index is -1.78. The smallest absolute Gasteiger partial charge is 0.220 e. The third-order valence-corrected chi connectivity index (χ3v) is 14.5. The van der Waals surface area contributed by atoms with Crippen LogP contribution in [-0.2, 0) is 23.7 Å². The zero-order chi connectivity index (χ0) is 51.0. The predicted octanol–water partition coefficient (Wildman–Crippen LogP) is 9.11. The van der Waals surface area contributed by atoms with Crippen molar-refractivity contribution in [2.75, 3.05) is 19.8 Å². The van der Waals surface area contributed by atoms with Gasteiger partial charge in [0.2, 0.25) is 5.91 Å². The summed E-state index contributed by atoms with van der Waals surface area (Å²) in [6, 6.07) is -0.829. The van der Waals surface area contributed by atoms with Crippen LogP contribution in [-0.4, -0.2) is 140 Å². The molecule has 2 aliphatic rings. The van der Waals surface area contributed by atoms with Gasteiger partial charge in [0.25, 0.3) is 0 Å². The van der Waals surface area contributed by atoms with E-state index in [4.69, 9.17) is 18.9 Å². The number of rotatable bonds is 46. The fraction of sp³-hybridized carbons (Fsp3) is 0.946. The lowest BCUT2D eigenvalue weighted by molar-refractivity contribution is -0.359. The van der Waals surface area contributed by atoms with Gasteiger partial charge in [0.15, 0.2) is 12.6 Å². The summed E-state index contributed by atoms with van der Waals surface area (Å²) in [5.41, 5.74) is 0. The zero-order valence-corrected chi connectivity index (χ0v) is 44.3. The minimum absolute atomic E-state index is 0.215. The Morgan fingerprint density at radius 2 is 0.914 bits per heavy atom. The minimum Gasteiger partial charge on any atom is -0.394 e.